The minimum atomic E-state index is 0.617. The summed E-state index contributed by atoms with van der Waals surface area (Å²) < 4.78 is 0. The van der Waals surface area contributed by atoms with Crippen LogP contribution in [0.1, 0.15) is 39.1 Å². The lowest BCUT2D eigenvalue weighted by Gasteiger charge is -2.06. The van der Waals surface area contributed by atoms with Crippen LogP contribution in [0.15, 0.2) is 11.6 Å². The summed E-state index contributed by atoms with van der Waals surface area (Å²) in [6, 6.07) is 0. The number of aryl methyl sites for hydroxylation is 2. The van der Waals surface area contributed by atoms with E-state index in [9.17, 15) is 0 Å². The third-order valence-electron chi connectivity index (χ3n) is 2.28. The van der Waals surface area contributed by atoms with Crippen molar-refractivity contribution < 1.29 is 0 Å². The summed E-state index contributed by atoms with van der Waals surface area (Å²) in [7, 11) is 0. The normalized spacial score (nSPS) is 10.0. The van der Waals surface area contributed by atoms with Gasteiger partial charge in [-0.2, -0.15) is 5.10 Å². The van der Waals surface area contributed by atoms with Crippen molar-refractivity contribution in [3.8, 4) is 0 Å². The van der Waals surface area contributed by atoms with E-state index >= 15 is 0 Å². The number of hydrogen-bond acceptors (Lipinski definition) is 4. The molecule has 0 radical (unpaired) electrons. The van der Waals surface area contributed by atoms with E-state index in [2.05, 4.69) is 54.3 Å². The summed E-state index contributed by atoms with van der Waals surface area (Å²) in [5.41, 5.74) is 3.31. The zero-order valence-electron chi connectivity index (χ0n) is 10.5. The highest BCUT2D eigenvalue weighted by atomic mass is 15.2. The second-order valence-electron chi connectivity index (χ2n) is 3.90. The predicted octanol–water partition coefficient (Wildman–Crippen LogP) is 2.37. The SMILES string of the molecule is CCc1nnc(NCC=C(C)C)nc1CC. The van der Waals surface area contributed by atoms with E-state index in [-0.39, 0.29) is 0 Å². The average molecular weight is 220 g/mol. The van der Waals surface area contributed by atoms with Gasteiger partial charge in [0.15, 0.2) is 0 Å². The van der Waals surface area contributed by atoms with Crippen LogP contribution in [0.4, 0.5) is 5.95 Å². The zero-order valence-corrected chi connectivity index (χ0v) is 10.5. The van der Waals surface area contributed by atoms with Gasteiger partial charge in [0.1, 0.15) is 0 Å². The Labute approximate surface area is 97.2 Å². The van der Waals surface area contributed by atoms with Crippen molar-refractivity contribution in [3.05, 3.63) is 23.0 Å². The number of nitrogens with one attached hydrogen (secondary N) is 1. The van der Waals surface area contributed by atoms with Gasteiger partial charge in [0.25, 0.3) is 0 Å². The van der Waals surface area contributed by atoms with Crippen LogP contribution in [-0.4, -0.2) is 21.7 Å². The molecule has 0 fully saturated rings. The van der Waals surface area contributed by atoms with E-state index in [1.54, 1.807) is 0 Å². The lowest BCUT2D eigenvalue weighted by molar-refractivity contribution is 0.824. The molecular weight excluding hydrogens is 200 g/mol. The Morgan fingerprint density at radius 2 is 1.81 bits per heavy atom. The number of rotatable bonds is 5. The van der Waals surface area contributed by atoms with Crippen LogP contribution in [0.5, 0.6) is 0 Å². The van der Waals surface area contributed by atoms with Gasteiger partial charge in [0.2, 0.25) is 5.95 Å². The summed E-state index contributed by atoms with van der Waals surface area (Å²) in [5, 5.41) is 11.4. The molecule has 4 nitrogen and oxygen atoms in total. The number of anilines is 1. The van der Waals surface area contributed by atoms with Crippen molar-refractivity contribution in [1.29, 1.82) is 0 Å². The maximum absolute atomic E-state index is 4.44. The van der Waals surface area contributed by atoms with Crippen LogP contribution < -0.4 is 5.32 Å². The minimum Gasteiger partial charge on any atom is -0.349 e. The quantitative estimate of drug-likeness (QED) is 0.774. The van der Waals surface area contributed by atoms with Crippen LogP contribution in [-0.2, 0) is 12.8 Å². The van der Waals surface area contributed by atoms with Gasteiger partial charge in [-0.05, 0) is 26.7 Å². The highest BCUT2D eigenvalue weighted by Crippen LogP contribution is 2.06. The largest absolute Gasteiger partial charge is 0.349 e. The number of aromatic nitrogens is 3. The lowest BCUT2D eigenvalue weighted by Crippen LogP contribution is -2.09. The molecule has 0 aliphatic heterocycles. The van der Waals surface area contributed by atoms with Crippen LogP contribution >= 0.6 is 0 Å². The van der Waals surface area contributed by atoms with Crippen molar-refractivity contribution >= 4 is 5.95 Å². The van der Waals surface area contributed by atoms with Gasteiger partial charge in [-0.15, -0.1) is 5.10 Å². The van der Waals surface area contributed by atoms with Crippen molar-refractivity contribution in [1.82, 2.24) is 15.2 Å². The molecule has 1 aromatic rings. The molecule has 16 heavy (non-hydrogen) atoms. The second-order valence-corrected chi connectivity index (χ2v) is 3.90. The van der Waals surface area contributed by atoms with Gasteiger partial charge in [-0.1, -0.05) is 25.5 Å². The fourth-order valence-corrected chi connectivity index (χ4v) is 1.36. The molecule has 0 aliphatic carbocycles. The van der Waals surface area contributed by atoms with Gasteiger partial charge in [0.05, 0.1) is 11.4 Å². The van der Waals surface area contributed by atoms with Gasteiger partial charge < -0.3 is 5.32 Å². The van der Waals surface area contributed by atoms with Gasteiger partial charge in [0, 0.05) is 6.54 Å². The minimum absolute atomic E-state index is 0.617. The van der Waals surface area contributed by atoms with E-state index in [4.69, 9.17) is 0 Å². The molecule has 4 heteroatoms. The van der Waals surface area contributed by atoms with E-state index < -0.39 is 0 Å². The van der Waals surface area contributed by atoms with Gasteiger partial charge in [-0.3, -0.25) is 0 Å². The molecule has 1 aromatic heterocycles. The molecule has 0 atom stereocenters. The van der Waals surface area contributed by atoms with Gasteiger partial charge in [-0.25, -0.2) is 4.98 Å². The first kappa shape index (κ1) is 12.6. The summed E-state index contributed by atoms with van der Waals surface area (Å²) in [4.78, 5) is 4.44. The summed E-state index contributed by atoms with van der Waals surface area (Å²) in [6.07, 6.45) is 3.89. The first-order chi connectivity index (χ1) is 7.67. The first-order valence-corrected chi connectivity index (χ1v) is 5.77. The molecule has 0 saturated heterocycles. The Morgan fingerprint density at radius 1 is 1.12 bits per heavy atom. The van der Waals surface area contributed by atoms with Crippen molar-refractivity contribution in [2.45, 2.75) is 40.5 Å². The predicted molar refractivity (Wildman–Crippen MR) is 66.5 cm³/mol. The molecule has 0 unspecified atom stereocenters. The van der Waals surface area contributed by atoms with E-state index in [1.165, 1.54) is 5.57 Å². The Morgan fingerprint density at radius 3 is 2.38 bits per heavy atom. The first-order valence-electron chi connectivity index (χ1n) is 5.77. The van der Waals surface area contributed by atoms with Crippen LogP contribution in [0, 0.1) is 0 Å². The smallest absolute Gasteiger partial charge is 0.243 e. The second kappa shape index (κ2) is 6.20. The molecule has 0 spiro atoms. The van der Waals surface area contributed by atoms with Crippen LogP contribution in [0.3, 0.4) is 0 Å². The zero-order chi connectivity index (χ0) is 12.0. The molecular formula is C12H20N4. The summed E-state index contributed by atoms with van der Waals surface area (Å²) in [6.45, 7) is 9.04. The molecule has 0 aromatic carbocycles. The highest BCUT2D eigenvalue weighted by Gasteiger charge is 2.04. The summed E-state index contributed by atoms with van der Waals surface area (Å²) >= 11 is 0. The standard InChI is InChI=1S/C12H20N4/c1-5-10-11(6-2)15-16-12(14-10)13-8-7-9(3)4/h7H,5-6,8H2,1-4H3,(H,13,14,16). The Kier molecular flexibility index (Phi) is 4.89. The van der Waals surface area contributed by atoms with Crippen molar-refractivity contribution in [2.24, 2.45) is 0 Å². The molecule has 0 amide bonds. The number of allylic oxidation sites excluding steroid dienone is 1. The molecule has 88 valence electrons. The monoisotopic (exact) mass is 220 g/mol. The topological polar surface area (TPSA) is 50.7 Å². The molecule has 0 bridgehead atoms. The summed E-state index contributed by atoms with van der Waals surface area (Å²) in [5.74, 6) is 0.617. The Bertz CT molecular complexity index is 367. The molecule has 1 heterocycles. The number of nitrogens with zero attached hydrogens (tertiary/aromatic N) is 3. The van der Waals surface area contributed by atoms with Crippen LogP contribution in [0.2, 0.25) is 0 Å². The molecule has 0 saturated carbocycles. The average Bonchev–Trinajstić information content (AvgIpc) is 2.28. The fraction of sp³-hybridized carbons (Fsp3) is 0.583. The third kappa shape index (κ3) is 3.61. The van der Waals surface area contributed by atoms with E-state index in [1.807, 2.05) is 0 Å². The van der Waals surface area contributed by atoms with Gasteiger partial charge >= 0.3 is 0 Å². The Hall–Kier alpha value is -1.45. The third-order valence-corrected chi connectivity index (χ3v) is 2.28. The molecule has 0 aliphatic rings. The van der Waals surface area contributed by atoms with Crippen LogP contribution in [0.25, 0.3) is 0 Å². The molecule has 1 rings (SSSR count). The lowest BCUT2D eigenvalue weighted by atomic mass is 10.2. The fourth-order valence-electron chi connectivity index (χ4n) is 1.36. The van der Waals surface area contributed by atoms with Crippen molar-refractivity contribution in [2.75, 3.05) is 11.9 Å². The van der Waals surface area contributed by atoms with E-state index in [0.29, 0.717) is 5.95 Å². The Balaban J connectivity index is 2.71. The van der Waals surface area contributed by atoms with E-state index in [0.717, 1.165) is 30.8 Å². The maximum atomic E-state index is 4.44. The number of hydrogen-bond donors (Lipinski definition) is 1. The molecule has 1 N–H and O–H groups in total. The maximum Gasteiger partial charge on any atom is 0.243 e. The highest BCUT2D eigenvalue weighted by molar-refractivity contribution is 5.27. The van der Waals surface area contributed by atoms with Crippen molar-refractivity contribution in [3.63, 3.8) is 0 Å².